The predicted molar refractivity (Wildman–Crippen MR) is 85.2 cm³/mol. The lowest BCUT2D eigenvalue weighted by molar-refractivity contribution is -0.137. The minimum absolute atomic E-state index is 0.0356. The third-order valence-corrected chi connectivity index (χ3v) is 4.83. The second-order valence-corrected chi connectivity index (χ2v) is 6.47. The number of ether oxygens (including phenoxy) is 1. The van der Waals surface area contributed by atoms with Crippen molar-refractivity contribution in [1.82, 2.24) is 4.90 Å². The lowest BCUT2D eigenvalue weighted by atomic mass is 9.94. The van der Waals surface area contributed by atoms with E-state index in [2.05, 4.69) is 4.99 Å². The van der Waals surface area contributed by atoms with Crippen molar-refractivity contribution >= 4 is 28.8 Å². The number of amidine groups is 1. The van der Waals surface area contributed by atoms with Crippen LogP contribution in [0.15, 0.2) is 46.6 Å². The van der Waals surface area contributed by atoms with Crippen LogP contribution in [0.4, 0.5) is 0 Å². The molecule has 22 heavy (non-hydrogen) atoms. The first-order chi connectivity index (χ1) is 10.5. The first kappa shape index (κ1) is 14.8. The molecule has 1 aromatic carbocycles. The summed E-state index contributed by atoms with van der Waals surface area (Å²) in [5.41, 5.74) is 1.89. The Balaban J connectivity index is 2.18. The third kappa shape index (κ3) is 2.23. The number of benzene rings is 1. The largest absolute Gasteiger partial charge is 0.466 e. The number of rotatable bonds is 2. The molecule has 0 bridgehead atoms. The van der Waals surface area contributed by atoms with Gasteiger partial charge in [-0.15, -0.1) is 0 Å². The molecule has 6 heteroatoms. The molecule has 5 nitrogen and oxygen atoms in total. The van der Waals surface area contributed by atoms with Gasteiger partial charge in [0.1, 0.15) is 0 Å². The van der Waals surface area contributed by atoms with Crippen LogP contribution in [0.3, 0.4) is 0 Å². The number of thioether (sulfide) groups is 1. The number of esters is 1. The molecule has 2 atom stereocenters. The second kappa shape index (κ2) is 5.61. The van der Waals surface area contributed by atoms with E-state index in [1.165, 1.54) is 18.9 Å². The van der Waals surface area contributed by atoms with Gasteiger partial charge in [0.25, 0.3) is 0 Å². The van der Waals surface area contributed by atoms with E-state index >= 15 is 0 Å². The van der Waals surface area contributed by atoms with Crippen molar-refractivity contribution in [1.29, 1.82) is 0 Å². The molecule has 1 fully saturated rings. The van der Waals surface area contributed by atoms with Crippen LogP contribution in [0, 0.1) is 0 Å². The zero-order chi connectivity index (χ0) is 15.9. The molecule has 0 aliphatic carbocycles. The summed E-state index contributed by atoms with van der Waals surface area (Å²) in [6.45, 7) is 3.63. The standard InChI is InChI=1S/C16H16N2O3S/c1-9-12(15(20)21-3)13(11-7-5-4-6-8-11)18-14(19)10(2)22-16(18)17-9/h4-8,10,13H,1-3H3. The number of carbonyl (C=O) groups excluding carboxylic acids is 2. The average Bonchev–Trinajstić information content (AvgIpc) is 2.80. The normalized spacial score (nSPS) is 24.2. The van der Waals surface area contributed by atoms with E-state index in [0.717, 1.165) is 5.56 Å². The Morgan fingerprint density at radius 1 is 1.32 bits per heavy atom. The topological polar surface area (TPSA) is 59.0 Å². The van der Waals surface area contributed by atoms with Gasteiger partial charge < -0.3 is 4.74 Å². The van der Waals surface area contributed by atoms with E-state index in [1.807, 2.05) is 37.3 Å². The van der Waals surface area contributed by atoms with Gasteiger partial charge in [0.2, 0.25) is 5.91 Å². The summed E-state index contributed by atoms with van der Waals surface area (Å²) in [5.74, 6) is -0.488. The minimum Gasteiger partial charge on any atom is -0.466 e. The van der Waals surface area contributed by atoms with E-state index in [-0.39, 0.29) is 11.2 Å². The molecule has 1 saturated heterocycles. The number of aliphatic imine (C=N–C) groups is 1. The third-order valence-electron chi connectivity index (χ3n) is 3.78. The molecule has 2 unspecified atom stereocenters. The number of allylic oxidation sites excluding steroid dienone is 1. The summed E-state index contributed by atoms with van der Waals surface area (Å²) in [6, 6.07) is 9.02. The Labute approximate surface area is 133 Å². The highest BCUT2D eigenvalue weighted by atomic mass is 32.2. The molecular weight excluding hydrogens is 300 g/mol. The SMILES string of the molecule is COC(=O)C1=C(C)N=C2SC(C)C(=O)N2C1c1ccccc1. The van der Waals surface area contributed by atoms with Crippen LogP contribution in [0.5, 0.6) is 0 Å². The van der Waals surface area contributed by atoms with E-state index < -0.39 is 12.0 Å². The van der Waals surface area contributed by atoms with Gasteiger partial charge in [0, 0.05) is 0 Å². The zero-order valence-corrected chi connectivity index (χ0v) is 13.4. The molecule has 2 aliphatic rings. The number of fused-ring (bicyclic) bond motifs is 1. The first-order valence-corrected chi connectivity index (χ1v) is 7.85. The summed E-state index contributed by atoms with van der Waals surface area (Å²) < 4.78 is 4.91. The Hall–Kier alpha value is -2.08. The molecule has 0 aromatic heterocycles. The molecule has 3 rings (SSSR count). The Bertz CT molecular complexity index is 697. The fraction of sp³-hybridized carbons (Fsp3) is 0.312. The van der Waals surface area contributed by atoms with Gasteiger partial charge in [-0.2, -0.15) is 0 Å². The number of methoxy groups -OCH3 is 1. The lowest BCUT2D eigenvalue weighted by Crippen LogP contribution is -2.40. The quantitative estimate of drug-likeness (QED) is 0.787. The molecule has 2 heterocycles. The van der Waals surface area contributed by atoms with Crippen LogP contribution in [0.1, 0.15) is 25.5 Å². The smallest absolute Gasteiger partial charge is 0.338 e. The van der Waals surface area contributed by atoms with Crippen molar-refractivity contribution in [3.05, 3.63) is 47.2 Å². The molecule has 1 amide bonds. The molecule has 0 saturated carbocycles. The second-order valence-electron chi connectivity index (χ2n) is 5.17. The maximum absolute atomic E-state index is 12.5. The number of nitrogens with zero attached hydrogens (tertiary/aromatic N) is 2. The fourth-order valence-corrected chi connectivity index (χ4v) is 3.75. The maximum atomic E-state index is 12.5. The lowest BCUT2D eigenvalue weighted by Gasteiger charge is -2.32. The number of amides is 1. The highest BCUT2D eigenvalue weighted by molar-refractivity contribution is 8.15. The van der Waals surface area contributed by atoms with Crippen LogP contribution < -0.4 is 0 Å². The maximum Gasteiger partial charge on any atom is 0.338 e. The van der Waals surface area contributed by atoms with Gasteiger partial charge in [-0.3, -0.25) is 9.69 Å². The molecule has 2 aliphatic heterocycles. The number of carbonyl (C=O) groups is 2. The van der Waals surface area contributed by atoms with Gasteiger partial charge in [0.05, 0.1) is 29.7 Å². The molecule has 114 valence electrons. The van der Waals surface area contributed by atoms with Gasteiger partial charge in [-0.1, -0.05) is 42.1 Å². The Morgan fingerprint density at radius 3 is 2.64 bits per heavy atom. The van der Waals surface area contributed by atoms with Crippen molar-refractivity contribution in [2.45, 2.75) is 25.1 Å². The Kier molecular flexibility index (Phi) is 3.78. The zero-order valence-electron chi connectivity index (χ0n) is 12.6. The van der Waals surface area contributed by atoms with Crippen LogP contribution in [0.2, 0.25) is 0 Å². The molecule has 0 radical (unpaired) electrons. The first-order valence-electron chi connectivity index (χ1n) is 6.97. The monoisotopic (exact) mass is 316 g/mol. The van der Waals surface area contributed by atoms with Crippen molar-refractivity contribution in [2.75, 3.05) is 7.11 Å². The summed E-state index contributed by atoms with van der Waals surface area (Å²) in [7, 11) is 1.34. The molecular formula is C16H16N2O3S. The van der Waals surface area contributed by atoms with Crippen molar-refractivity contribution < 1.29 is 14.3 Å². The van der Waals surface area contributed by atoms with Crippen LogP contribution >= 0.6 is 11.8 Å². The van der Waals surface area contributed by atoms with E-state index in [1.54, 1.807) is 11.8 Å². The highest BCUT2D eigenvalue weighted by Crippen LogP contribution is 2.42. The van der Waals surface area contributed by atoms with Crippen molar-refractivity contribution in [2.24, 2.45) is 4.99 Å². The minimum atomic E-state index is -0.480. The number of hydrogen-bond acceptors (Lipinski definition) is 5. The average molecular weight is 316 g/mol. The molecule has 1 aromatic rings. The van der Waals surface area contributed by atoms with Gasteiger partial charge >= 0.3 is 5.97 Å². The van der Waals surface area contributed by atoms with Gasteiger partial charge in [-0.05, 0) is 19.4 Å². The van der Waals surface area contributed by atoms with Crippen LogP contribution in [-0.4, -0.2) is 34.3 Å². The fourth-order valence-electron chi connectivity index (χ4n) is 2.72. The highest BCUT2D eigenvalue weighted by Gasteiger charge is 2.46. The van der Waals surface area contributed by atoms with Crippen molar-refractivity contribution in [3.63, 3.8) is 0 Å². The van der Waals surface area contributed by atoms with E-state index in [4.69, 9.17) is 4.74 Å². The summed E-state index contributed by atoms with van der Waals surface area (Å²) in [4.78, 5) is 30.8. The van der Waals surface area contributed by atoms with E-state index in [0.29, 0.717) is 16.4 Å². The van der Waals surface area contributed by atoms with Gasteiger partial charge in [-0.25, -0.2) is 9.79 Å². The number of hydrogen-bond donors (Lipinski definition) is 0. The predicted octanol–water partition coefficient (Wildman–Crippen LogP) is 2.51. The van der Waals surface area contributed by atoms with Gasteiger partial charge in [0.15, 0.2) is 5.17 Å². The Morgan fingerprint density at radius 2 is 2.00 bits per heavy atom. The van der Waals surface area contributed by atoms with E-state index in [9.17, 15) is 9.59 Å². The summed E-state index contributed by atoms with van der Waals surface area (Å²) in [6.07, 6.45) is 0. The van der Waals surface area contributed by atoms with Crippen LogP contribution in [0.25, 0.3) is 0 Å². The molecule has 0 spiro atoms. The summed E-state index contributed by atoms with van der Waals surface area (Å²) in [5, 5.41) is 0.450. The summed E-state index contributed by atoms with van der Waals surface area (Å²) >= 11 is 1.42. The van der Waals surface area contributed by atoms with Crippen LogP contribution in [-0.2, 0) is 14.3 Å². The van der Waals surface area contributed by atoms with Crippen molar-refractivity contribution in [3.8, 4) is 0 Å². The molecule has 0 N–H and O–H groups in total.